The van der Waals surface area contributed by atoms with Gasteiger partial charge in [-0.1, -0.05) is 11.4 Å². The van der Waals surface area contributed by atoms with Crippen LogP contribution >= 0.6 is 11.5 Å². The van der Waals surface area contributed by atoms with E-state index in [1.807, 2.05) is 36.8 Å². The Kier molecular flexibility index (Phi) is 5.48. The maximum absolute atomic E-state index is 12.8. The summed E-state index contributed by atoms with van der Waals surface area (Å²) in [5.74, 6) is 0.424. The maximum Gasteiger partial charge on any atom is 0.267 e. The molecule has 0 aromatic carbocycles. The molecule has 1 amide bonds. The van der Waals surface area contributed by atoms with Crippen molar-refractivity contribution in [1.29, 1.82) is 0 Å². The normalized spacial score (nSPS) is 21.4. The first kappa shape index (κ1) is 18.0. The number of carbonyl (C=O) groups excluding carboxylic acids is 1. The molecule has 136 valence electrons. The lowest BCUT2D eigenvalue weighted by Crippen LogP contribution is -2.42. The molecule has 0 aliphatic carbocycles. The Morgan fingerprint density at radius 3 is 2.92 bits per heavy atom. The number of nitrogens with zero attached hydrogens (tertiary/aromatic N) is 6. The van der Waals surface area contributed by atoms with Crippen molar-refractivity contribution >= 4 is 17.4 Å². The monoisotopic (exact) mass is 362 g/mol. The van der Waals surface area contributed by atoms with Gasteiger partial charge in [-0.25, -0.2) is 0 Å². The quantitative estimate of drug-likeness (QED) is 0.814. The summed E-state index contributed by atoms with van der Waals surface area (Å²) in [6.45, 7) is 3.80. The van der Waals surface area contributed by atoms with E-state index < -0.39 is 0 Å². The van der Waals surface area contributed by atoms with Crippen molar-refractivity contribution in [3.05, 3.63) is 28.5 Å². The molecule has 8 heteroatoms. The molecule has 0 saturated carbocycles. The van der Waals surface area contributed by atoms with Crippen LogP contribution in [-0.2, 0) is 13.5 Å². The molecule has 0 N–H and O–H groups in total. The van der Waals surface area contributed by atoms with E-state index in [2.05, 4.69) is 32.8 Å². The molecule has 3 heterocycles. The Hall–Kier alpha value is -1.80. The Balaban J connectivity index is 1.76. The fourth-order valence-corrected chi connectivity index (χ4v) is 4.53. The molecule has 25 heavy (non-hydrogen) atoms. The highest BCUT2D eigenvalue weighted by Gasteiger charge is 2.33. The first-order valence-electron chi connectivity index (χ1n) is 8.76. The predicted octanol–water partition coefficient (Wildman–Crippen LogP) is 1.99. The second-order valence-electron chi connectivity index (χ2n) is 6.86. The lowest BCUT2D eigenvalue weighted by atomic mass is 9.85. The number of amides is 1. The fourth-order valence-electron chi connectivity index (χ4n) is 3.78. The van der Waals surface area contributed by atoms with Crippen molar-refractivity contribution in [3.8, 4) is 0 Å². The van der Waals surface area contributed by atoms with Gasteiger partial charge < -0.3 is 4.90 Å². The van der Waals surface area contributed by atoms with E-state index in [0.717, 1.165) is 38.0 Å². The Morgan fingerprint density at radius 1 is 1.44 bits per heavy atom. The molecule has 0 spiro atoms. The summed E-state index contributed by atoms with van der Waals surface area (Å²) >= 11 is 1.20. The first-order chi connectivity index (χ1) is 12.0. The van der Waals surface area contributed by atoms with E-state index in [9.17, 15) is 4.79 Å². The molecular formula is C17H26N6OS. The molecule has 0 unspecified atom stereocenters. The van der Waals surface area contributed by atoms with Crippen molar-refractivity contribution < 1.29 is 4.79 Å². The fraction of sp³-hybridized carbons (Fsp3) is 0.647. The van der Waals surface area contributed by atoms with Crippen LogP contribution in [0.1, 0.15) is 46.7 Å². The average molecular weight is 363 g/mol. The zero-order valence-electron chi connectivity index (χ0n) is 15.3. The van der Waals surface area contributed by atoms with Crippen molar-refractivity contribution in [1.82, 2.24) is 29.2 Å². The summed E-state index contributed by atoms with van der Waals surface area (Å²) < 4.78 is 5.79. The molecular weight excluding hydrogens is 336 g/mol. The number of hydrogen-bond donors (Lipinski definition) is 0. The van der Waals surface area contributed by atoms with Crippen LogP contribution in [0.3, 0.4) is 0 Å². The van der Waals surface area contributed by atoms with Crippen LogP contribution in [0.15, 0.2) is 12.4 Å². The van der Waals surface area contributed by atoms with Crippen LogP contribution in [0.5, 0.6) is 0 Å². The molecule has 2 atom stereocenters. The van der Waals surface area contributed by atoms with Gasteiger partial charge in [0.1, 0.15) is 4.88 Å². The molecule has 2 aromatic rings. The summed E-state index contributed by atoms with van der Waals surface area (Å²) in [7, 11) is 5.99. The number of carbonyl (C=O) groups is 1. The Labute approximate surface area is 152 Å². The highest BCUT2D eigenvalue weighted by Crippen LogP contribution is 2.35. The molecule has 1 aliphatic rings. The lowest BCUT2D eigenvalue weighted by molar-refractivity contribution is 0.0648. The maximum atomic E-state index is 12.8. The van der Waals surface area contributed by atoms with Crippen molar-refractivity contribution in [2.24, 2.45) is 13.0 Å². The predicted molar refractivity (Wildman–Crippen MR) is 97.6 cm³/mol. The third-order valence-electron chi connectivity index (χ3n) is 5.01. The van der Waals surface area contributed by atoms with Gasteiger partial charge in [-0.15, -0.1) is 5.10 Å². The number of aryl methyl sites for hydroxylation is 2. The zero-order valence-corrected chi connectivity index (χ0v) is 16.2. The summed E-state index contributed by atoms with van der Waals surface area (Å²) in [4.78, 5) is 17.7. The number of hydrogen-bond acceptors (Lipinski definition) is 6. The first-order valence-corrected chi connectivity index (χ1v) is 9.54. The van der Waals surface area contributed by atoms with Gasteiger partial charge in [-0.3, -0.25) is 14.4 Å². The smallest absolute Gasteiger partial charge is 0.267 e. The summed E-state index contributed by atoms with van der Waals surface area (Å²) in [6, 6.07) is 0.294. The molecule has 0 radical (unpaired) electrons. The number of likely N-dealkylation sites (tertiary alicyclic amines) is 1. The molecule has 7 nitrogen and oxygen atoms in total. The van der Waals surface area contributed by atoms with Crippen LogP contribution in [-0.4, -0.2) is 62.3 Å². The minimum atomic E-state index is 0.0324. The molecule has 1 fully saturated rings. The van der Waals surface area contributed by atoms with Gasteiger partial charge in [-0.05, 0) is 50.3 Å². The van der Waals surface area contributed by atoms with Crippen LogP contribution in [0.25, 0.3) is 0 Å². The van der Waals surface area contributed by atoms with Gasteiger partial charge in [0.15, 0.2) is 0 Å². The Bertz CT molecular complexity index is 726. The highest BCUT2D eigenvalue weighted by atomic mass is 32.1. The van der Waals surface area contributed by atoms with E-state index >= 15 is 0 Å². The second kappa shape index (κ2) is 7.61. The van der Waals surface area contributed by atoms with Gasteiger partial charge in [0.05, 0.1) is 11.9 Å². The van der Waals surface area contributed by atoms with E-state index in [1.54, 1.807) is 0 Å². The van der Waals surface area contributed by atoms with Crippen molar-refractivity contribution in [2.45, 2.75) is 32.2 Å². The van der Waals surface area contributed by atoms with Crippen molar-refractivity contribution in [3.63, 3.8) is 0 Å². The van der Waals surface area contributed by atoms with Crippen LogP contribution in [0.4, 0.5) is 0 Å². The number of piperidine rings is 1. The molecule has 2 aromatic heterocycles. The number of rotatable bonds is 5. The topological polar surface area (TPSA) is 67.2 Å². The SMILES string of the molecule is CCc1nnsc1C(=O)N(C)C[C@@H]1CCCN(C)[C@H]1c1cnn(C)c1. The third-order valence-corrected chi connectivity index (χ3v) is 5.77. The average Bonchev–Trinajstić information content (AvgIpc) is 3.22. The standard InChI is InChI=1S/C17H26N6OS/c1-5-14-16(25-20-19-14)17(24)22(3)10-12-7-6-8-21(2)15(12)13-9-18-23(4)11-13/h9,11-12,15H,5-8,10H2,1-4H3/t12-,15+/m0/s1. The minimum Gasteiger partial charge on any atom is -0.341 e. The Morgan fingerprint density at radius 2 is 2.24 bits per heavy atom. The summed E-state index contributed by atoms with van der Waals surface area (Å²) in [5.41, 5.74) is 2.02. The van der Waals surface area contributed by atoms with Crippen LogP contribution in [0.2, 0.25) is 0 Å². The molecule has 1 aliphatic heterocycles. The highest BCUT2D eigenvalue weighted by molar-refractivity contribution is 7.07. The van der Waals surface area contributed by atoms with E-state index in [1.165, 1.54) is 17.1 Å². The third kappa shape index (κ3) is 3.74. The van der Waals surface area contributed by atoms with Crippen LogP contribution in [0, 0.1) is 5.92 Å². The van der Waals surface area contributed by atoms with Gasteiger partial charge in [0.2, 0.25) is 0 Å². The lowest BCUT2D eigenvalue weighted by Gasteiger charge is -2.40. The van der Waals surface area contributed by atoms with Gasteiger partial charge in [0.25, 0.3) is 5.91 Å². The molecule has 0 bridgehead atoms. The largest absolute Gasteiger partial charge is 0.341 e. The van der Waals surface area contributed by atoms with Gasteiger partial charge >= 0.3 is 0 Å². The number of aromatic nitrogens is 4. The second-order valence-corrected chi connectivity index (χ2v) is 7.62. The summed E-state index contributed by atoms with van der Waals surface area (Å²) in [6.07, 6.45) is 7.04. The summed E-state index contributed by atoms with van der Waals surface area (Å²) in [5, 5.41) is 8.40. The van der Waals surface area contributed by atoms with Crippen LogP contribution < -0.4 is 0 Å². The van der Waals surface area contributed by atoms with Gasteiger partial charge in [-0.2, -0.15) is 5.10 Å². The van der Waals surface area contributed by atoms with E-state index in [-0.39, 0.29) is 5.91 Å². The van der Waals surface area contributed by atoms with E-state index in [0.29, 0.717) is 16.8 Å². The zero-order chi connectivity index (χ0) is 18.0. The van der Waals surface area contributed by atoms with Crippen molar-refractivity contribution in [2.75, 3.05) is 27.2 Å². The van der Waals surface area contributed by atoms with Gasteiger partial charge in [0, 0.05) is 38.4 Å². The minimum absolute atomic E-state index is 0.0324. The molecule has 1 saturated heterocycles. The van der Waals surface area contributed by atoms with E-state index in [4.69, 9.17) is 0 Å². The molecule has 3 rings (SSSR count).